The van der Waals surface area contributed by atoms with E-state index in [1.807, 2.05) is 4.90 Å². The highest BCUT2D eigenvalue weighted by Gasteiger charge is 2.44. The molecule has 29 heavy (non-hydrogen) atoms. The average Bonchev–Trinajstić information content (AvgIpc) is 3.12. The van der Waals surface area contributed by atoms with Crippen molar-refractivity contribution < 1.29 is 23.8 Å². The zero-order valence-corrected chi connectivity index (χ0v) is 16.8. The third-order valence-corrected chi connectivity index (χ3v) is 6.18. The van der Waals surface area contributed by atoms with Gasteiger partial charge in [0.2, 0.25) is 0 Å². The first-order valence-electron chi connectivity index (χ1n) is 9.67. The number of likely N-dealkylation sites (tertiary alicyclic amines) is 1. The Kier molecular flexibility index (Phi) is 5.65. The normalized spacial score (nSPS) is 26.1. The van der Waals surface area contributed by atoms with Gasteiger partial charge < -0.3 is 19.5 Å². The molecule has 5 nitrogen and oxygen atoms in total. The molecule has 0 spiro atoms. The van der Waals surface area contributed by atoms with E-state index in [1.54, 1.807) is 30.3 Å². The molecule has 1 amide bonds. The van der Waals surface area contributed by atoms with Crippen molar-refractivity contribution in [3.05, 3.63) is 58.9 Å². The molecule has 1 heterocycles. The summed E-state index contributed by atoms with van der Waals surface area (Å²) in [6.45, 7) is 1.22. The van der Waals surface area contributed by atoms with E-state index in [9.17, 15) is 14.3 Å². The Bertz CT molecular complexity index is 891. The molecular formula is C22H23ClFNO4. The van der Waals surface area contributed by atoms with Gasteiger partial charge in [0.25, 0.3) is 5.91 Å². The van der Waals surface area contributed by atoms with Gasteiger partial charge in [-0.3, -0.25) is 4.79 Å². The second kappa shape index (κ2) is 8.20. The number of rotatable bonds is 4. The Balaban J connectivity index is 1.43. The number of hydrogen-bond donors (Lipinski definition) is 1. The topological polar surface area (TPSA) is 59.0 Å². The van der Waals surface area contributed by atoms with Gasteiger partial charge in [0.15, 0.2) is 0 Å². The minimum atomic E-state index is -0.619. The lowest BCUT2D eigenvalue weighted by atomic mass is 9.78. The molecule has 1 saturated heterocycles. The number of nitrogens with zero attached hydrogens (tertiary/aromatic N) is 1. The van der Waals surface area contributed by atoms with Crippen molar-refractivity contribution in [1.82, 2.24) is 4.90 Å². The maximum absolute atomic E-state index is 13.1. The van der Waals surface area contributed by atoms with Crippen molar-refractivity contribution in [1.29, 1.82) is 0 Å². The summed E-state index contributed by atoms with van der Waals surface area (Å²) in [5.41, 5.74) is 0.532. The highest BCUT2D eigenvalue weighted by molar-refractivity contribution is 6.32. The average molecular weight is 420 g/mol. The number of aliphatic hydroxyl groups excluding tert-OH is 1. The van der Waals surface area contributed by atoms with Gasteiger partial charge in [-0.1, -0.05) is 11.6 Å². The molecule has 0 aromatic heterocycles. The maximum atomic E-state index is 13.1. The van der Waals surface area contributed by atoms with Crippen LogP contribution in [0.15, 0.2) is 42.5 Å². The quantitative estimate of drug-likeness (QED) is 0.819. The third kappa shape index (κ3) is 4.19. The summed E-state index contributed by atoms with van der Waals surface area (Å²) in [5, 5.41) is 11.0. The number of fused-ring (bicyclic) bond motifs is 1. The van der Waals surface area contributed by atoms with Crippen LogP contribution in [-0.2, 0) is 0 Å². The molecule has 0 bridgehead atoms. The van der Waals surface area contributed by atoms with E-state index in [2.05, 4.69) is 0 Å². The fourth-order valence-corrected chi connectivity index (χ4v) is 4.54. The highest BCUT2D eigenvalue weighted by atomic mass is 35.5. The number of hydrogen-bond acceptors (Lipinski definition) is 4. The summed E-state index contributed by atoms with van der Waals surface area (Å²) < 4.78 is 24.2. The fraction of sp³-hybridized carbons (Fsp3) is 0.409. The van der Waals surface area contributed by atoms with Crippen molar-refractivity contribution in [2.75, 3.05) is 20.2 Å². The van der Waals surface area contributed by atoms with Crippen LogP contribution in [0.2, 0.25) is 5.02 Å². The fourth-order valence-electron chi connectivity index (χ4n) is 4.35. The number of carbonyl (C=O) groups excluding carboxylic acids is 1. The van der Waals surface area contributed by atoms with Gasteiger partial charge in [-0.15, -0.1) is 0 Å². The Labute approximate surface area is 174 Å². The zero-order chi connectivity index (χ0) is 20.5. The largest absolute Gasteiger partial charge is 0.495 e. The second-order valence-corrected chi connectivity index (χ2v) is 8.14. The van der Waals surface area contributed by atoms with Crippen molar-refractivity contribution in [3.63, 3.8) is 0 Å². The van der Waals surface area contributed by atoms with Crippen LogP contribution in [0.3, 0.4) is 0 Å². The molecule has 0 radical (unpaired) electrons. The molecule has 1 aliphatic heterocycles. The molecule has 1 N–H and O–H groups in total. The van der Waals surface area contributed by atoms with E-state index in [-0.39, 0.29) is 29.7 Å². The molecule has 4 atom stereocenters. The van der Waals surface area contributed by atoms with Crippen LogP contribution < -0.4 is 9.47 Å². The summed E-state index contributed by atoms with van der Waals surface area (Å²) in [6.07, 6.45) is 0.237. The highest BCUT2D eigenvalue weighted by Crippen LogP contribution is 2.39. The number of carbonyl (C=O) groups is 1. The molecule has 2 aromatic carbocycles. The van der Waals surface area contributed by atoms with E-state index in [0.717, 1.165) is 0 Å². The van der Waals surface area contributed by atoms with Gasteiger partial charge in [-0.25, -0.2) is 4.39 Å². The number of benzene rings is 2. The van der Waals surface area contributed by atoms with E-state index in [1.165, 1.54) is 19.2 Å². The molecule has 2 aliphatic rings. The Morgan fingerprint density at radius 3 is 2.52 bits per heavy atom. The second-order valence-electron chi connectivity index (χ2n) is 7.73. The molecule has 4 rings (SSSR count). The van der Waals surface area contributed by atoms with Gasteiger partial charge >= 0.3 is 0 Å². The molecule has 1 aliphatic carbocycles. The smallest absolute Gasteiger partial charge is 0.254 e. The summed E-state index contributed by atoms with van der Waals surface area (Å²) in [7, 11) is 1.52. The molecule has 2 fully saturated rings. The van der Waals surface area contributed by atoms with Gasteiger partial charge in [-0.05, 0) is 67.1 Å². The lowest BCUT2D eigenvalue weighted by Crippen LogP contribution is -2.42. The third-order valence-electron chi connectivity index (χ3n) is 5.87. The van der Waals surface area contributed by atoms with Crippen LogP contribution in [0, 0.1) is 17.7 Å². The Morgan fingerprint density at radius 2 is 1.83 bits per heavy atom. The Hall–Kier alpha value is -2.31. The lowest BCUT2D eigenvalue weighted by Gasteiger charge is -2.35. The van der Waals surface area contributed by atoms with Gasteiger partial charge in [0.1, 0.15) is 23.4 Å². The monoisotopic (exact) mass is 419 g/mol. The molecule has 0 unspecified atom stereocenters. The molecule has 7 heteroatoms. The van der Waals surface area contributed by atoms with E-state index in [4.69, 9.17) is 21.1 Å². The van der Waals surface area contributed by atoms with Gasteiger partial charge in [0, 0.05) is 18.7 Å². The number of amides is 1. The predicted octanol–water partition coefficient (Wildman–Crippen LogP) is 3.78. The van der Waals surface area contributed by atoms with Crippen LogP contribution in [0.25, 0.3) is 0 Å². The molecule has 1 saturated carbocycles. The van der Waals surface area contributed by atoms with Crippen molar-refractivity contribution in [3.8, 4) is 11.5 Å². The van der Waals surface area contributed by atoms with Gasteiger partial charge in [0.05, 0.1) is 18.2 Å². The first-order chi connectivity index (χ1) is 13.9. The Morgan fingerprint density at radius 1 is 1.14 bits per heavy atom. The first kappa shape index (κ1) is 20.0. The zero-order valence-electron chi connectivity index (χ0n) is 16.1. The summed E-state index contributed by atoms with van der Waals surface area (Å²) in [5.74, 6) is 1.09. The predicted molar refractivity (Wildman–Crippen MR) is 107 cm³/mol. The minimum Gasteiger partial charge on any atom is -0.495 e. The number of ether oxygens (including phenoxy) is 2. The van der Waals surface area contributed by atoms with Crippen molar-refractivity contribution in [2.45, 2.75) is 25.0 Å². The summed E-state index contributed by atoms with van der Waals surface area (Å²) in [6, 6.07) is 10.8. The molecular weight excluding hydrogens is 397 g/mol. The SMILES string of the molecule is COc1cc(C(=O)N2C[C@H]3C[C@@H](Oc4ccc(F)cc4)[C@H](O)C[C@H]3C2)ccc1Cl. The van der Waals surface area contributed by atoms with Crippen LogP contribution in [0.5, 0.6) is 11.5 Å². The van der Waals surface area contributed by atoms with Crippen LogP contribution in [-0.4, -0.2) is 48.3 Å². The summed E-state index contributed by atoms with van der Waals surface area (Å²) >= 11 is 6.06. The van der Waals surface area contributed by atoms with E-state index < -0.39 is 6.10 Å². The van der Waals surface area contributed by atoms with Crippen molar-refractivity contribution in [2.24, 2.45) is 11.8 Å². The molecule has 2 aromatic rings. The first-order valence-corrected chi connectivity index (χ1v) is 10.1. The standard InChI is InChI=1S/C22H23ClFNO4/c1-28-20-9-13(2-7-18(20)23)22(27)25-11-14-8-19(26)21(10-15(14)12-25)29-17-5-3-16(24)4-6-17/h2-7,9,14-15,19,21,26H,8,10-12H2,1H3/t14-,15+,19+,21+/m0/s1. The van der Waals surface area contributed by atoms with Crippen LogP contribution >= 0.6 is 11.6 Å². The minimum absolute atomic E-state index is 0.0696. The van der Waals surface area contributed by atoms with Crippen LogP contribution in [0.4, 0.5) is 4.39 Å². The maximum Gasteiger partial charge on any atom is 0.254 e. The van der Waals surface area contributed by atoms with Crippen LogP contribution in [0.1, 0.15) is 23.2 Å². The lowest BCUT2D eigenvalue weighted by molar-refractivity contribution is -0.0231. The number of halogens is 2. The molecule has 154 valence electrons. The van der Waals surface area contributed by atoms with E-state index in [0.29, 0.717) is 48.0 Å². The number of aliphatic hydroxyl groups is 1. The van der Waals surface area contributed by atoms with E-state index >= 15 is 0 Å². The van der Waals surface area contributed by atoms with Gasteiger partial charge in [-0.2, -0.15) is 0 Å². The van der Waals surface area contributed by atoms with Crippen molar-refractivity contribution >= 4 is 17.5 Å². The number of methoxy groups -OCH3 is 1. The summed E-state index contributed by atoms with van der Waals surface area (Å²) in [4.78, 5) is 14.8.